The summed E-state index contributed by atoms with van der Waals surface area (Å²) in [5, 5.41) is 54.0. The smallest absolute Gasteiger partial charge is 0.393 e. The fourth-order valence-corrected chi connectivity index (χ4v) is 18.2. The van der Waals surface area contributed by atoms with Gasteiger partial charge in [0.2, 0.25) is 5.91 Å². The Bertz CT molecular complexity index is 1600. The summed E-state index contributed by atoms with van der Waals surface area (Å²) in [6.07, 6.45) is 12.3. The van der Waals surface area contributed by atoms with Crippen molar-refractivity contribution in [2.75, 3.05) is 14.2 Å². The van der Waals surface area contributed by atoms with E-state index in [-0.39, 0.29) is 78.2 Å². The van der Waals surface area contributed by atoms with E-state index in [1.54, 1.807) is 14.2 Å². The van der Waals surface area contributed by atoms with Crippen molar-refractivity contribution in [1.29, 1.82) is 0 Å². The van der Waals surface area contributed by atoms with E-state index in [4.69, 9.17) is 4.84 Å². The molecule has 0 radical (unpaired) electrons. The van der Waals surface area contributed by atoms with Gasteiger partial charge in [0.25, 0.3) is 0 Å². The van der Waals surface area contributed by atoms with Crippen molar-refractivity contribution in [3.63, 3.8) is 0 Å². The molecule has 8 aliphatic carbocycles. The first-order valence-electron chi connectivity index (χ1n) is 25.6. The molecule has 15 unspecified atom stereocenters. The molecule has 372 valence electrons. The molecule has 21 atom stereocenters. The number of halogens is 3. The van der Waals surface area contributed by atoms with Gasteiger partial charge in [-0.3, -0.25) is 9.63 Å². The summed E-state index contributed by atoms with van der Waals surface area (Å²) in [5.41, 5.74) is -1.93. The van der Waals surface area contributed by atoms with Crippen LogP contribution in [0.4, 0.5) is 13.2 Å². The SMILES string of the molecule is C.CC(CCC(C)(O)C(F)(F)F)C1CCC2C3C[C@H](O)[C@@H]4C[C@H](O)CCC4(C)C3CCC12C.CON(C)C(=O)CCC(C)C1CCC2C3C[C@H](O)[C@@H]4C[C@H](O)CCC4(C)C3CCC12C. The average Bonchev–Trinajstić information content (AvgIpc) is 3.77. The molecule has 0 aromatic heterocycles. The molecule has 0 aliphatic heterocycles. The minimum atomic E-state index is -4.59. The lowest BCUT2D eigenvalue weighted by molar-refractivity contribution is -0.256. The van der Waals surface area contributed by atoms with E-state index in [1.807, 2.05) is 0 Å². The third kappa shape index (κ3) is 9.15. The Morgan fingerprint density at radius 3 is 1.44 bits per heavy atom. The maximum atomic E-state index is 13.1. The fraction of sp³-hybridized carbons (Fsp3) is 0.981. The second-order valence-corrected chi connectivity index (χ2v) is 24.8. The van der Waals surface area contributed by atoms with Gasteiger partial charge in [-0.1, -0.05) is 49.0 Å². The van der Waals surface area contributed by atoms with Crippen molar-refractivity contribution in [2.45, 2.75) is 221 Å². The fourth-order valence-electron chi connectivity index (χ4n) is 18.2. The zero-order chi connectivity index (χ0) is 46.2. The van der Waals surface area contributed by atoms with E-state index < -0.39 is 11.8 Å². The Morgan fingerprint density at radius 1 is 0.641 bits per heavy atom. The summed E-state index contributed by atoms with van der Waals surface area (Å²) in [6, 6.07) is 0. The highest BCUT2D eigenvalue weighted by Crippen LogP contribution is 2.70. The maximum absolute atomic E-state index is 13.1. The molecule has 0 spiro atoms. The van der Waals surface area contributed by atoms with Gasteiger partial charge in [-0.25, -0.2) is 5.06 Å². The first kappa shape index (κ1) is 52.4. The van der Waals surface area contributed by atoms with Crippen LogP contribution in [0, 0.1) is 92.7 Å². The lowest BCUT2D eigenvalue weighted by Crippen LogP contribution is -2.58. The van der Waals surface area contributed by atoms with E-state index in [9.17, 15) is 43.5 Å². The predicted molar refractivity (Wildman–Crippen MR) is 245 cm³/mol. The molecule has 11 heteroatoms. The van der Waals surface area contributed by atoms with Crippen LogP contribution in [0.3, 0.4) is 0 Å². The van der Waals surface area contributed by atoms with E-state index in [0.717, 1.165) is 84.0 Å². The van der Waals surface area contributed by atoms with Gasteiger partial charge in [-0.05, 0) is 222 Å². The molecule has 8 fully saturated rings. The van der Waals surface area contributed by atoms with Crippen molar-refractivity contribution in [1.82, 2.24) is 5.06 Å². The summed E-state index contributed by atoms with van der Waals surface area (Å²) in [4.78, 5) is 17.3. The topological polar surface area (TPSA) is 131 Å². The monoisotopic (exact) mass is 912 g/mol. The molecule has 64 heavy (non-hydrogen) atoms. The summed E-state index contributed by atoms with van der Waals surface area (Å²) >= 11 is 0. The molecule has 0 bridgehead atoms. The summed E-state index contributed by atoms with van der Waals surface area (Å²) < 4.78 is 39.4. The van der Waals surface area contributed by atoms with Crippen LogP contribution in [0.15, 0.2) is 0 Å². The molecule has 8 rings (SSSR count). The Balaban J connectivity index is 0.000000209. The number of aliphatic hydroxyl groups excluding tert-OH is 4. The number of carbonyl (C=O) groups is 1. The second kappa shape index (κ2) is 19.1. The van der Waals surface area contributed by atoms with Gasteiger partial charge in [-0.2, -0.15) is 13.2 Å². The first-order valence-corrected chi connectivity index (χ1v) is 25.6. The standard InChI is InChI=1S/C26H43F3O3.C26H45NO4.CH4/c1-15(7-12-25(4,32)26(27,28)29)18-5-6-19-17-14-22(31)21-13-16(30)8-10-24(21,3)20(17)9-11-23(18,19)2;1-16(6-9-24(30)27(4)31-5)19-7-8-20-18-15-23(29)22-14-17(28)10-12-26(22,3)21(18)11-13-25(19,20)2;/h15-22,30-32H,5-14H2,1-4H3;16-23,28-29H,6-15H2,1-5H3;1H4/t15?,16-,17?,18?,19?,20?,21+,22+,23?,24?,25?;16?,17-,18?,19?,20?,21?,22+,23+,25?,26?;/m11./s1. The molecular formula is C53H92F3NO7. The van der Waals surface area contributed by atoms with Crippen LogP contribution in [0.5, 0.6) is 0 Å². The van der Waals surface area contributed by atoms with Crippen molar-refractivity contribution >= 4 is 5.91 Å². The predicted octanol–water partition coefficient (Wildman–Crippen LogP) is 10.8. The van der Waals surface area contributed by atoms with Gasteiger partial charge < -0.3 is 25.5 Å². The molecule has 8 saturated carbocycles. The number of hydrogen-bond donors (Lipinski definition) is 5. The van der Waals surface area contributed by atoms with Crippen LogP contribution in [-0.4, -0.2) is 86.9 Å². The zero-order valence-electron chi connectivity index (χ0n) is 40.5. The third-order valence-corrected chi connectivity index (χ3v) is 22.0. The molecule has 0 aromatic rings. The van der Waals surface area contributed by atoms with Crippen molar-refractivity contribution in [2.24, 2.45) is 92.7 Å². The van der Waals surface area contributed by atoms with Gasteiger partial charge in [0.15, 0.2) is 5.60 Å². The van der Waals surface area contributed by atoms with Crippen molar-refractivity contribution in [3.05, 3.63) is 0 Å². The van der Waals surface area contributed by atoms with Crippen LogP contribution in [0.2, 0.25) is 0 Å². The molecule has 8 aliphatic rings. The van der Waals surface area contributed by atoms with Crippen molar-refractivity contribution in [3.8, 4) is 0 Å². The molecule has 5 N–H and O–H groups in total. The van der Waals surface area contributed by atoms with Crippen molar-refractivity contribution < 1.29 is 48.3 Å². The quantitative estimate of drug-likeness (QED) is 0.146. The average molecular weight is 912 g/mol. The highest BCUT2D eigenvalue weighted by molar-refractivity contribution is 5.74. The van der Waals surface area contributed by atoms with E-state index in [1.165, 1.54) is 30.7 Å². The minimum absolute atomic E-state index is 0. The first-order chi connectivity index (χ1) is 29.3. The number of hydrogen-bond acceptors (Lipinski definition) is 7. The van der Waals surface area contributed by atoms with E-state index in [0.29, 0.717) is 77.9 Å². The lowest BCUT2D eigenvalue weighted by atomic mass is 9.43. The Morgan fingerprint density at radius 2 is 1.03 bits per heavy atom. The van der Waals surface area contributed by atoms with Gasteiger partial charge >= 0.3 is 6.18 Å². The third-order valence-electron chi connectivity index (χ3n) is 22.0. The number of amides is 1. The van der Waals surface area contributed by atoms with Gasteiger partial charge in [0.1, 0.15) is 0 Å². The molecule has 0 heterocycles. The largest absolute Gasteiger partial charge is 0.416 e. The zero-order valence-corrected chi connectivity index (χ0v) is 40.5. The van der Waals surface area contributed by atoms with Gasteiger partial charge in [-0.15, -0.1) is 0 Å². The number of hydroxylamine groups is 2. The minimum Gasteiger partial charge on any atom is -0.393 e. The lowest BCUT2D eigenvalue weighted by Gasteiger charge is -2.62. The van der Waals surface area contributed by atoms with Crippen LogP contribution in [0.25, 0.3) is 0 Å². The molecule has 0 aromatic carbocycles. The van der Waals surface area contributed by atoms with Crippen LogP contribution >= 0.6 is 0 Å². The van der Waals surface area contributed by atoms with Gasteiger partial charge in [0, 0.05) is 13.5 Å². The number of fused-ring (bicyclic) bond motifs is 10. The Kier molecular flexibility index (Phi) is 15.6. The number of carbonyl (C=O) groups excluding carboxylic acids is 1. The number of alkyl halides is 3. The van der Waals surface area contributed by atoms with Crippen LogP contribution in [0.1, 0.15) is 184 Å². The molecule has 0 saturated heterocycles. The van der Waals surface area contributed by atoms with E-state index >= 15 is 0 Å². The number of rotatable bonds is 9. The Hall–Kier alpha value is -0.980. The molecule has 1 amide bonds. The maximum Gasteiger partial charge on any atom is 0.416 e. The molecular weight excluding hydrogens is 820 g/mol. The van der Waals surface area contributed by atoms with Gasteiger partial charge in [0.05, 0.1) is 31.5 Å². The second-order valence-electron chi connectivity index (χ2n) is 24.8. The van der Waals surface area contributed by atoms with Crippen LogP contribution in [-0.2, 0) is 9.63 Å². The molecule has 8 nitrogen and oxygen atoms in total. The van der Waals surface area contributed by atoms with Crippen LogP contribution < -0.4 is 0 Å². The summed E-state index contributed by atoms with van der Waals surface area (Å²) in [5.74, 6) is 5.75. The van der Waals surface area contributed by atoms with E-state index in [2.05, 4.69) is 41.5 Å². The highest BCUT2D eigenvalue weighted by Gasteiger charge is 2.64. The summed E-state index contributed by atoms with van der Waals surface area (Å²) in [6.45, 7) is 15.0. The highest BCUT2D eigenvalue weighted by atomic mass is 19.4. The normalized spacial score (nSPS) is 47.9. The number of nitrogens with zero attached hydrogens (tertiary/aromatic N) is 1. The summed E-state index contributed by atoms with van der Waals surface area (Å²) in [7, 11) is 3.23. The Labute approximate surface area is 385 Å². The number of aliphatic hydroxyl groups is 5.